The van der Waals surface area contributed by atoms with Gasteiger partial charge in [0, 0.05) is 25.2 Å². The molecule has 29 heavy (non-hydrogen) atoms. The zero-order chi connectivity index (χ0) is 21.0. The van der Waals surface area contributed by atoms with Crippen molar-refractivity contribution < 1.29 is 13.2 Å². The molecule has 156 valence electrons. The summed E-state index contributed by atoms with van der Waals surface area (Å²) in [6.45, 7) is 6.13. The Kier molecular flexibility index (Phi) is 6.88. The number of rotatable bonds is 7. The molecular formula is C23H30N2O3S. The van der Waals surface area contributed by atoms with Crippen LogP contribution in [0.2, 0.25) is 0 Å². The molecule has 6 heteroatoms. The van der Waals surface area contributed by atoms with Crippen molar-refractivity contribution >= 4 is 15.8 Å². The summed E-state index contributed by atoms with van der Waals surface area (Å²) < 4.78 is 27.8. The molecule has 0 spiro atoms. The van der Waals surface area contributed by atoms with E-state index in [0.29, 0.717) is 37.0 Å². The van der Waals surface area contributed by atoms with Crippen LogP contribution in [0.1, 0.15) is 36.2 Å². The molecule has 2 unspecified atom stereocenters. The standard InChI is InChI=1S/C23H30N2O3S/c1-18-12-19(2)15-25(14-18)29(27,28)22-11-7-10-21(13-22)23(26)17-24(3)16-20-8-5-4-6-9-20/h4-11,13,18-19H,12,14-17H2,1-3H3. The van der Waals surface area contributed by atoms with Gasteiger partial charge in [-0.1, -0.05) is 56.3 Å². The van der Waals surface area contributed by atoms with Gasteiger partial charge >= 0.3 is 0 Å². The number of hydrogen-bond donors (Lipinski definition) is 0. The Labute approximate surface area is 174 Å². The van der Waals surface area contributed by atoms with E-state index in [1.807, 2.05) is 42.3 Å². The molecule has 0 saturated carbocycles. The van der Waals surface area contributed by atoms with Crippen molar-refractivity contribution in [2.24, 2.45) is 11.8 Å². The topological polar surface area (TPSA) is 57.7 Å². The minimum Gasteiger partial charge on any atom is -0.295 e. The molecule has 1 aliphatic heterocycles. The van der Waals surface area contributed by atoms with Crippen molar-refractivity contribution in [3.05, 3.63) is 65.7 Å². The van der Waals surface area contributed by atoms with Crippen LogP contribution in [0, 0.1) is 11.8 Å². The van der Waals surface area contributed by atoms with E-state index in [-0.39, 0.29) is 17.2 Å². The number of ketones is 1. The lowest BCUT2D eigenvalue weighted by molar-refractivity contribution is 0.0943. The molecule has 0 radical (unpaired) electrons. The molecule has 0 aromatic heterocycles. The van der Waals surface area contributed by atoms with E-state index in [9.17, 15) is 13.2 Å². The monoisotopic (exact) mass is 414 g/mol. The van der Waals surface area contributed by atoms with Gasteiger partial charge in [-0.3, -0.25) is 9.69 Å². The molecule has 0 aliphatic carbocycles. The molecular weight excluding hydrogens is 384 g/mol. The lowest BCUT2D eigenvalue weighted by Gasteiger charge is -2.34. The van der Waals surface area contributed by atoms with Crippen molar-refractivity contribution in [2.75, 3.05) is 26.7 Å². The van der Waals surface area contributed by atoms with E-state index in [1.165, 1.54) is 6.07 Å². The molecule has 0 bridgehead atoms. The highest BCUT2D eigenvalue weighted by Gasteiger charge is 2.32. The van der Waals surface area contributed by atoms with Crippen LogP contribution in [0.3, 0.4) is 0 Å². The fraction of sp³-hybridized carbons (Fsp3) is 0.435. The van der Waals surface area contributed by atoms with Crippen molar-refractivity contribution in [2.45, 2.75) is 31.7 Å². The number of carbonyl (C=O) groups excluding carboxylic acids is 1. The summed E-state index contributed by atoms with van der Waals surface area (Å²) >= 11 is 0. The third-order valence-corrected chi connectivity index (χ3v) is 7.17. The number of benzene rings is 2. The second-order valence-electron chi connectivity index (χ2n) is 8.38. The Morgan fingerprint density at radius 2 is 1.69 bits per heavy atom. The van der Waals surface area contributed by atoms with Gasteiger partial charge in [-0.15, -0.1) is 0 Å². The minimum atomic E-state index is -3.59. The van der Waals surface area contributed by atoms with Crippen LogP contribution in [0.25, 0.3) is 0 Å². The maximum absolute atomic E-state index is 13.1. The maximum Gasteiger partial charge on any atom is 0.243 e. The molecule has 1 aliphatic rings. The quantitative estimate of drug-likeness (QED) is 0.649. The summed E-state index contributed by atoms with van der Waals surface area (Å²) in [4.78, 5) is 14.9. The molecule has 2 atom stereocenters. The first kappa shape index (κ1) is 21.7. The third kappa shape index (κ3) is 5.53. The Hall–Kier alpha value is -2.02. The highest BCUT2D eigenvalue weighted by atomic mass is 32.2. The fourth-order valence-corrected chi connectivity index (χ4v) is 5.79. The van der Waals surface area contributed by atoms with E-state index in [1.54, 1.807) is 22.5 Å². The van der Waals surface area contributed by atoms with Gasteiger partial charge in [-0.2, -0.15) is 4.31 Å². The minimum absolute atomic E-state index is 0.0825. The van der Waals surface area contributed by atoms with Gasteiger partial charge in [0.25, 0.3) is 0 Å². The predicted molar refractivity (Wildman–Crippen MR) is 115 cm³/mol. The first-order valence-corrected chi connectivity index (χ1v) is 11.6. The highest BCUT2D eigenvalue weighted by molar-refractivity contribution is 7.89. The van der Waals surface area contributed by atoms with Crippen LogP contribution >= 0.6 is 0 Å². The maximum atomic E-state index is 13.1. The van der Waals surface area contributed by atoms with E-state index < -0.39 is 10.0 Å². The van der Waals surface area contributed by atoms with Crippen molar-refractivity contribution in [3.8, 4) is 0 Å². The predicted octanol–water partition coefficient (Wildman–Crippen LogP) is 3.67. The van der Waals surface area contributed by atoms with Gasteiger partial charge in [0.15, 0.2) is 5.78 Å². The summed E-state index contributed by atoms with van der Waals surface area (Å²) in [6.07, 6.45) is 1.04. The molecule has 1 saturated heterocycles. The highest BCUT2D eigenvalue weighted by Crippen LogP contribution is 2.27. The molecule has 0 N–H and O–H groups in total. The Morgan fingerprint density at radius 3 is 2.34 bits per heavy atom. The van der Waals surface area contributed by atoms with Crippen LogP contribution in [-0.2, 0) is 16.6 Å². The largest absolute Gasteiger partial charge is 0.295 e. The van der Waals surface area contributed by atoms with Gasteiger partial charge in [-0.25, -0.2) is 8.42 Å². The average molecular weight is 415 g/mol. The lowest BCUT2D eigenvalue weighted by atomic mass is 9.94. The molecule has 2 aromatic rings. The zero-order valence-corrected chi connectivity index (χ0v) is 18.2. The second kappa shape index (κ2) is 9.20. The van der Waals surface area contributed by atoms with Crippen LogP contribution in [0.15, 0.2) is 59.5 Å². The number of likely N-dealkylation sites (N-methyl/N-ethyl adjacent to an activating group) is 1. The van der Waals surface area contributed by atoms with Gasteiger partial charge in [-0.05, 0) is 43.0 Å². The third-order valence-electron chi connectivity index (χ3n) is 5.34. The van der Waals surface area contributed by atoms with E-state index in [2.05, 4.69) is 13.8 Å². The number of carbonyl (C=O) groups is 1. The molecule has 3 rings (SSSR count). The van der Waals surface area contributed by atoms with Crippen LogP contribution in [-0.4, -0.2) is 50.1 Å². The van der Waals surface area contributed by atoms with E-state index in [4.69, 9.17) is 0 Å². The van der Waals surface area contributed by atoms with Crippen LogP contribution in [0.5, 0.6) is 0 Å². The summed E-state index contributed by atoms with van der Waals surface area (Å²) in [5, 5.41) is 0. The zero-order valence-electron chi connectivity index (χ0n) is 17.4. The number of hydrogen-bond acceptors (Lipinski definition) is 4. The van der Waals surface area contributed by atoms with Gasteiger partial charge in [0.05, 0.1) is 11.4 Å². The normalized spacial score (nSPS) is 20.7. The number of Topliss-reactive ketones (excluding diaryl/α,β-unsaturated/α-hetero) is 1. The fourth-order valence-electron chi connectivity index (χ4n) is 4.07. The van der Waals surface area contributed by atoms with Crippen molar-refractivity contribution in [1.29, 1.82) is 0 Å². The molecule has 1 fully saturated rings. The molecule has 0 amide bonds. The Balaban J connectivity index is 1.72. The summed E-state index contributed by atoms with van der Waals surface area (Å²) in [6, 6.07) is 16.4. The molecule has 1 heterocycles. The molecule has 5 nitrogen and oxygen atoms in total. The lowest BCUT2D eigenvalue weighted by Crippen LogP contribution is -2.42. The summed E-state index contributed by atoms with van der Waals surface area (Å²) in [5.41, 5.74) is 1.57. The van der Waals surface area contributed by atoms with Gasteiger partial charge < -0.3 is 0 Å². The second-order valence-corrected chi connectivity index (χ2v) is 10.3. The van der Waals surface area contributed by atoms with Crippen LogP contribution in [0.4, 0.5) is 0 Å². The smallest absolute Gasteiger partial charge is 0.243 e. The Bertz CT molecular complexity index is 934. The number of sulfonamides is 1. The van der Waals surface area contributed by atoms with Crippen molar-refractivity contribution in [1.82, 2.24) is 9.21 Å². The first-order chi connectivity index (χ1) is 13.8. The first-order valence-electron chi connectivity index (χ1n) is 10.1. The van der Waals surface area contributed by atoms with Gasteiger partial charge in [0.2, 0.25) is 10.0 Å². The van der Waals surface area contributed by atoms with Gasteiger partial charge in [0.1, 0.15) is 0 Å². The number of nitrogens with zero attached hydrogens (tertiary/aromatic N) is 2. The number of piperidine rings is 1. The van der Waals surface area contributed by atoms with E-state index in [0.717, 1.165) is 12.0 Å². The summed E-state index contributed by atoms with van der Waals surface area (Å²) in [5.74, 6) is 0.593. The van der Waals surface area contributed by atoms with Crippen LogP contribution < -0.4 is 0 Å². The Morgan fingerprint density at radius 1 is 1.03 bits per heavy atom. The molecule has 2 aromatic carbocycles. The average Bonchev–Trinajstić information content (AvgIpc) is 2.68. The van der Waals surface area contributed by atoms with Crippen molar-refractivity contribution in [3.63, 3.8) is 0 Å². The van der Waals surface area contributed by atoms with E-state index >= 15 is 0 Å². The summed E-state index contributed by atoms with van der Waals surface area (Å²) in [7, 11) is -1.70. The SMILES string of the molecule is CC1CC(C)CN(S(=O)(=O)c2cccc(C(=O)CN(C)Cc3ccccc3)c2)C1.